The van der Waals surface area contributed by atoms with E-state index < -0.39 is 0 Å². The Balaban J connectivity index is 2.40. The minimum Gasteiger partial charge on any atom is -0.342 e. The van der Waals surface area contributed by atoms with Crippen molar-refractivity contribution in [2.24, 2.45) is 0 Å². The van der Waals surface area contributed by atoms with E-state index in [9.17, 15) is 4.39 Å². The largest absolute Gasteiger partial charge is 0.342 e. The maximum atomic E-state index is 13.8. The molecule has 17 heavy (non-hydrogen) atoms. The maximum absolute atomic E-state index is 13.8. The average Bonchev–Trinajstić information content (AvgIpc) is 2.28. The van der Waals surface area contributed by atoms with E-state index in [0.717, 1.165) is 15.7 Å². The van der Waals surface area contributed by atoms with Crippen LogP contribution in [0.2, 0.25) is 0 Å². The number of nitrogens with zero attached hydrogens (tertiary/aromatic N) is 1. The predicted octanol–water partition coefficient (Wildman–Crippen LogP) is 4.66. The number of aryl methyl sites for hydroxylation is 1. The van der Waals surface area contributed by atoms with Gasteiger partial charge in [0.2, 0.25) is 0 Å². The fourth-order valence-corrected chi connectivity index (χ4v) is 2.06. The highest BCUT2D eigenvalue weighted by Gasteiger charge is 2.09. The molecule has 0 amide bonds. The standard InChI is InChI=1S/C14H13BrFN/c1-10-4-3-5-12(8-10)17(2)14-7-6-11(15)9-13(14)16/h3-9H,1-2H3. The van der Waals surface area contributed by atoms with Crippen LogP contribution in [0.3, 0.4) is 0 Å². The number of anilines is 2. The van der Waals surface area contributed by atoms with Crippen LogP contribution in [0.15, 0.2) is 46.9 Å². The molecule has 0 saturated heterocycles. The van der Waals surface area contributed by atoms with Gasteiger partial charge in [0.05, 0.1) is 5.69 Å². The Morgan fingerprint density at radius 3 is 2.53 bits per heavy atom. The van der Waals surface area contributed by atoms with Crippen molar-refractivity contribution in [1.29, 1.82) is 0 Å². The van der Waals surface area contributed by atoms with Crippen molar-refractivity contribution in [3.63, 3.8) is 0 Å². The highest BCUT2D eigenvalue weighted by Crippen LogP contribution is 2.28. The molecule has 88 valence electrons. The number of rotatable bonds is 2. The molecule has 0 heterocycles. The summed E-state index contributed by atoms with van der Waals surface area (Å²) in [5, 5.41) is 0. The molecule has 0 radical (unpaired) electrons. The van der Waals surface area contributed by atoms with Gasteiger partial charge in [0.1, 0.15) is 5.82 Å². The van der Waals surface area contributed by atoms with Crippen LogP contribution < -0.4 is 4.90 Å². The topological polar surface area (TPSA) is 3.24 Å². The summed E-state index contributed by atoms with van der Waals surface area (Å²) in [5.41, 5.74) is 2.71. The first-order chi connectivity index (χ1) is 8.08. The van der Waals surface area contributed by atoms with Crippen LogP contribution in [0.5, 0.6) is 0 Å². The second-order valence-corrected chi connectivity index (χ2v) is 4.91. The molecular formula is C14H13BrFN. The van der Waals surface area contributed by atoms with Crippen molar-refractivity contribution in [2.45, 2.75) is 6.92 Å². The third-order valence-electron chi connectivity index (χ3n) is 2.66. The molecule has 0 unspecified atom stereocenters. The Morgan fingerprint density at radius 2 is 1.88 bits per heavy atom. The Labute approximate surface area is 109 Å². The predicted molar refractivity (Wildman–Crippen MR) is 73.3 cm³/mol. The van der Waals surface area contributed by atoms with Crippen LogP contribution in [-0.2, 0) is 0 Å². The highest BCUT2D eigenvalue weighted by atomic mass is 79.9. The van der Waals surface area contributed by atoms with Gasteiger partial charge in [-0.25, -0.2) is 4.39 Å². The van der Waals surface area contributed by atoms with Crippen molar-refractivity contribution in [1.82, 2.24) is 0 Å². The lowest BCUT2D eigenvalue weighted by atomic mass is 10.2. The zero-order valence-electron chi connectivity index (χ0n) is 9.74. The second-order valence-electron chi connectivity index (χ2n) is 3.99. The summed E-state index contributed by atoms with van der Waals surface area (Å²) in [6.45, 7) is 2.02. The minimum absolute atomic E-state index is 0.233. The Bertz CT molecular complexity index is 539. The Hall–Kier alpha value is -1.35. The van der Waals surface area contributed by atoms with E-state index in [1.807, 2.05) is 49.2 Å². The van der Waals surface area contributed by atoms with Gasteiger partial charge in [0.15, 0.2) is 0 Å². The monoisotopic (exact) mass is 293 g/mol. The molecule has 0 spiro atoms. The molecule has 0 aromatic heterocycles. The summed E-state index contributed by atoms with van der Waals surface area (Å²) < 4.78 is 14.6. The van der Waals surface area contributed by atoms with Gasteiger partial charge < -0.3 is 4.90 Å². The second kappa shape index (κ2) is 4.88. The van der Waals surface area contributed by atoms with E-state index >= 15 is 0 Å². The number of hydrogen-bond donors (Lipinski definition) is 0. The van der Waals surface area contributed by atoms with Gasteiger partial charge >= 0.3 is 0 Å². The van der Waals surface area contributed by atoms with Crippen LogP contribution >= 0.6 is 15.9 Å². The number of benzene rings is 2. The smallest absolute Gasteiger partial charge is 0.147 e. The SMILES string of the molecule is Cc1cccc(N(C)c2ccc(Br)cc2F)c1. The lowest BCUT2D eigenvalue weighted by Crippen LogP contribution is -2.11. The van der Waals surface area contributed by atoms with E-state index in [4.69, 9.17) is 0 Å². The summed E-state index contributed by atoms with van der Waals surface area (Å²) in [4.78, 5) is 1.84. The first kappa shape index (κ1) is 12.1. The average molecular weight is 294 g/mol. The van der Waals surface area contributed by atoms with E-state index in [1.54, 1.807) is 6.07 Å². The van der Waals surface area contributed by atoms with E-state index in [1.165, 1.54) is 6.07 Å². The Kier molecular flexibility index (Phi) is 3.48. The Morgan fingerprint density at radius 1 is 1.12 bits per heavy atom. The first-order valence-electron chi connectivity index (χ1n) is 5.33. The van der Waals surface area contributed by atoms with Crippen LogP contribution in [0.1, 0.15) is 5.56 Å². The van der Waals surface area contributed by atoms with Gasteiger partial charge in [-0.15, -0.1) is 0 Å². The lowest BCUT2D eigenvalue weighted by Gasteiger charge is -2.20. The molecule has 2 aromatic rings. The molecule has 0 atom stereocenters. The van der Waals surface area contributed by atoms with E-state index in [-0.39, 0.29) is 5.82 Å². The fraction of sp³-hybridized carbons (Fsp3) is 0.143. The molecule has 0 fully saturated rings. The quantitative estimate of drug-likeness (QED) is 0.778. The summed E-state index contributed by atoms with van der Waals surface area (Å²) in [5.74, 6) is -0.233. The summed E-state index contributed by atoms with van der Waals surface area (Å²) >= 11 is 3.25. The molecule has 3 heteroatoms. The maximum Gasteiger partial charge on any atom is 0.147 e. The van der Waals surface area contributed by atoms with E-state index in [2.05, 4.69) is 15.9 Å². The van der Waals surface area contributed by atoms with Gasteiger partial charge in [-0.1, -0.05) is 28.1 Å². The molecule has 0 aliphatic heterocycles. The molecule has 0 saturated carbocycles. The molecular weight excluding hydrogens is 281 g/mol. The van der Waals surface area contributed by atoms with Gasteiger partial charge in [0.25, 0.3) is 0 Å². The van der Waals surface area contributed by atoms with Crippen molar-refractivity contribution < 1.29 is 4.39 Å². The van der Waals surface area contributed by atoms with Crippen LogP contribution in [0.25, 0.3) is 0 Å². The summed E-state index contributed by atoms with van der Waals surface area (Å²) in [6.07, 6.45) is 0. The van der Waals surface area contributed by atoms with Crippen molar-refractivity contribution >= 4 is 27.3 Å². The zero-order chi connectivity index (χ0) is 12.4. The number of hydrogen-bond acceptors (Lipinski definition) is 1. The number of halogens is 2. The first-order valence-corrected chi connectivity index (χ1v) is 6.12. The van der Waals surface area contributed by atoms with Gasteiger partial charge in [-0.05, 0) is 42.8 Å². The van der Waals surface area contributed by atoms with Crippen LogP contribution in [-0.4, -0.2) is 7.05 Å². The molecule has 0 bridgehead atoms. The molecule has 2 aromatic carbocycles. The third-order valence-corrected chi connectivity index (χ3v) is 3.15. The molecule has 0 aliphatic rings. The normalized spacial score (nSPS) is 10.4. The minimum atomic E-state index is -0.233. The molecule has 2 rings (SSSR count). The van der Waals surface area contributed by atoms with Gasteiger partial charge in [-0.2, -0.15) is 0 Å². The molecule has 0 aliphatic carbocycles. The molecule has 1 nitrogen and oxygen atoms in total. The van der Waals surface area contributed by atoms with E-state index in [0.29, 0.717) is 5.69 Å². The highest BCUT2D eigenvalue weighted by molar-refractivity contribution is 9.10. The summed E-state index contributed by atoms with van der Waals surface area (Å²) in [7, 11) is 1.86. The fourth-order valence-electron chi connectivity index (χ4n) is 1.73. The third kappa shape index (κ3) is 2.67. The van der Waals surface area contributed by atoms with Crippen LogP contribution in [0, 0.1) is 12.7 Å². The zero-order valence-corrected chi connectivity index (χ0v) is 11.3. The van der Waals surface area contributed by atoms with Crippen LogP contribution in [0.4, 0.5) is 15.8 Å². The summed E-state index contributed by atoms with van der Waals surface area (Å²) in [6, 6.07) is 13.1. The lowest BCUT2D eigenvalue weighted by molar-refractivity contribution is 0.627. The van der Waals surface area contributed by atoms with Crippen molar-refractivity contribution in [3.8, 4) is 0 Å². The van der Waals surface area contributed by atoms with Crippen molar-refractivity contribution in [3.05, 3.63) is 58.3 Å². The van der Waals surface area contributed by atoms with Gasteiger partial charge in [0, 0.05) is 17.2 Å². The van der Waals surface area contributed by atoms with Crippen molar-refractivity contribution in [2.75, 3.05) is 11.9 Å². The molecule has 0 N–H and O–H groups in total. The van der Waals surface area contributed by atoms with Gasteiger partial charge in [-0.3, -0.25) is 0 Å².